The third kappa shape index (κ3) is 5.28. The predicted octanol–water partition coefficient (Wildman–Crippen LogP) is 3.81. The SMILES string of the molecule is CCCCN(C)C(=O)c1cnc(N2CCC(Cc3ccccc3)CC2)nc1. The number of benzene rings is 1. The number of hydrogen-bond acceptors (Lipinski definition) is 4. The Balaban J connectivity index is 1.52. The molecule has 1 aromatic carbocycles. The van der Waals surface area contributed by atoms with E-state index < -0.39 is 0 Å². The average Bonchev–Trinajstić information content (AvgIpc) is 2.73. The summed E-state index contributed by atoms with van der Waals surface area (Å²) in [6.45, 7) is 4.84. The van der Waals surface area contributed by atoms with Crippen LogP contribution < -0.4 is 4.90 Å². The summed E-state index contributed by atoms with van der Waals surface area (Å²) in [5.41, 5.74) is 1.98. The first-order chi connectivity index (χ1) is 13.2. The van der Waals surface area contributed by atoms with Gasteiger partial charge in [-0.1, -0.05) is 43.7 Å². The molecule has 1 amide bonds. The molecular formula is C22H30N4O. The van der Waals surface area contributed by atoms with E-state index >= 15 is 0 Å². The number of unbranched alkanes of at least 4 members (excludes halogenated alkanes) is 1. The van der Waals surface area contributed by atoms with E-state index in [9.17, 15) is 4.79 Å². The van der Waals surface area contributed by atoms with Gasteiger partial charge in [0.15, 0.2) is 0 Å². The van der Waals surface area contributed by atoms with Crippen LogP contribution in [-0.2, 0) is 6.42 Å². The minimum atomic E-state index is -0.00318. The second-order valence-corrected chi connectivity index (χ2v) is 7.47. The fraction of sp³-hybridized carbons (Fsp3) is 0.500. The van der Waals surface area contributed by atoms with Crippen LogP contribution in [0.4, 0.5) is 5.95 Å². The maximum absolute atomic E-state index is 12.4. The molecule has 1 aliphatic heterocycles. The first-order valence-electron chi connectivity index (χ1n) is 10.0. The minimum Gasteiger partial charge on any atom is -0.342 e. The van der Waals surface area contributed by atoms with Gasteiger partial charge in [0.2, 0.25) is 5.95 Å². The molecule has 0 aliphatic carbocycles. The summed E-state index contributed by atoms with van der Waals surface area (Å²) in [4.78, 5) is 25.3. The van der Waals surface area contributed by atoms with Crippen molar-refractivity contribution in [1.82, 2.24) is 14.9 Å². The van der Waals surface area contributed by atoms with Crippen LogP contribution in [0, 0.1) is 5.92 Å². The Bertz CT molecular complexity index is 709. The van der Waals surface area contributed by atoms with Gasteiger partial charge in [-0.25, -0.2) is 9.97 Å². The van der Waals surface area contributed by atoms with E-state index in [0.717, 1.165) is 63.6 Å². The van der Waals surface area contributed by atoms with Crippen molar-refractivity contribution in [3.05, 3.63) is 53.9 Å². The lowest BCUT2D eigenvalue weighted by Crippen LogP contribution is -2.35. The van der Waals surface area contributed by atoms with Gasteiger partial charge in [0, 0.05) is 39.1 Å². The van der Waals surface area contributed by atoms with Crippen molar-refractivity contribution >= 4 is 11.9 Å². The number of piperidine rings is 1. The van der Waals surface area contributed by atoms with Crippen molar-refractivity contribution in [3.8, 4) is 0 Å². The highest BCUT2D eigenvalue weighted by Crippen LogP contribution is 2.23. The molecule has 2 heterocycles. The topological polar surface area (TPSA) is 49.3 Å². The summed E-state index contributed by atoms with van der Waals surface area (Å²) in [6.07, 6.45) is 8.88. The summed E-state index contributed by atoms with van der Waals surface area (Å²) < 4.78 is 0. The van der Waals surface area contributed by atoms with E-state index in [4.69, 9.17) is 0 Å². The van der Waals surface area contributed by atoms with E-state index in [0.29, 0.717) is 5.56 Å². The van der Waals surface area contributed by atoms with Crippen LogP contribution in [0.5, 0.6) is 0 Å². The number of rotatable bonds is 7. The Kier molecular flexibility index (Phi) is 6.80. The maximum atomic E-state index is 12.4. The second kappa shape index (κ2) is 9.49. The van der Waals surface area contributed by atoms with Gasteiger partial charge in [0.1, 0.15) is 0 Å². The van der Waals surface area contributed by atoms with E-state index in [1.807, 2.05) is 7.05 Å². The molecule has 2 aromatic rings. The summed E-state index contributed by atoms with van der Waals surface area (Å²) in [5.74, 6) is 1.45. The molecule has 0 bridgehead atoms. The van der Waals surface area contributed by atoms with Crippen molar-refractivity contribution < 1.29 is 4.79 Å². The first kappa shape index (κ1) is 19.3. The number of aromatic nitrogens is 2. The summed E-state index contributed by atoms with van der Waals surface area (Å²) in [7, 11) is 1.84. The molecule has 5 nitrogen and oxygen atoms in total. The standard InChI is InChI=1S/C22H30N4O/c1-3-4-12-25(2)21(27)20-16-23-22(24-17-20)26-13-10-19(11-14-26)15-18-8-6-5-7-9-18/h5-9,16-17,19H,3-4,10-15H2,1-2H3. The summed E-state index contributed by atoms with van der Waals surface area (Å²) in [6, 6.07) is 10.7. The van der Waals surface area contributed by atoms with Gasteiger partial charge in [-0.3, -0.25) is 4.79 Å². The molecule has 0 radical (unpaired) electrons. The van der Waals surface area contributed by atoms with Crippen LogP contribution in [0.25, 0.3) is 0 Å². The summed E-state index contributed by atoms with van der Waals surface area (Å²) >= 11 is 0. The van der Waals surface area contributed by atoms with Gasteiger partial charge in [-0.05, 0) is 37.2 Å². The van der Waals surface area contributed by atoms with Gasteiger partial charge in [-0.2, -0.15) is 0 Å². The van der Waals surface area contributed by atoms with Crippen molar-refractivity contribution in [2.45, 2.75) is 39.0 Å². The molecule has 0 saturated carbocycles. The molecule has 1 aromatic heterocycles. The van der Waals surface area contributed by atoms with Crippen LogP contribution in [-0.4, -0.2) is 47.5 Å². The quantitative estimate of drug-likeness (QED) is 0.748. The number of carbonyl (C=O) groups excluding carboxylic acids is 1. The molecule has 1 aliphatic rings. The Morgan fingerprint density at radius 1 is 1.15 bits per heavy atom. The number of hydrogen-bond donors (Lipinski definition) is 0. The fourth-order valence-corrected chi connectivity index (χ4v) is 3.60. The zero-order valence-electron chi connectivity index (χ0n) is 16.5. The first-order valence-corrected chi connectivity index (χ1v) is 10.0. The highest BCUT2D eigenvalue weighted by atomic mass is 16.2. The third-order valence-corrected chi connectivity index (χ3v) is 5.34. The zero-order valence-corrected chi connectivity index (χ0v) is 16.5. The van der Waals surface area contributed by atoms with Gasteiger partial charge < -0.3 is 9.80 Å². The molecule has 0 N–H and O–H groups in total. The monoisotopic (exact) mass is 366 g/mol. The molecule has 1 fully saturated rings. The van der Waals surface area contributed by atoms with E-state index in [-0.39, 0.29) is 5.91 Å². The lowest BCUT2D eigenvalue weighted by Gasteiger charge is -2.32. The lowest BCUT2D eigenvalue weighted by molar-refractivity contribution is 0.0792. The molecule has 3 rings (SSSR count). The zero-order chi connectivity index (χ0) is 19.1. The van der Waals surface area contributed by atoms with Crippen LogP contribution in [0.1, 0.15) is 48.5 Å². The molecule has 0 unspecified atom stereocenters. The Labute approximate surface area is 162 Å². The van der Waals surface area contributed by atoms with Crippen LogP contribution >= 0.6 is 0 Å². The van der Waals surface area contributed by atoms with Gasteiger partial charge >= 0.3 is 0 Å². The lowest BCUT2D eigenvalue weighted by atomic mass is 9.90. The van der Waals surface area contributed by atoms with Gasteiger partial charge in [0.25, 0.3) is 5.91 Å². The third-order valence-electron chi connectivity index (χ3n) is 5.34. The predicted molar refractivity (Wildman–Crippen MR) is 109 cm³/mol. The molecule has 27 heavy (non-hydrogen) atoms. The van der Waals surface area contributed by atoms with Crippen molar-refractivity contribution in [3.63, 3.8) is 0 Å². The van der Waals surface area contributed by atoms with Crippen molar-refractivity contribution in [1.29, 1.82) is 0 Å². The maximum Gasteiger partial charge on any atom is 0.256 e. The van der Waals surface area contributed by atoms with E-state index in [1.54, 1.807) is 17.3 Å². The Hall–Kier alpha value is -2.43. The highest BCUT2D eigenvalue weighted by molar-refractivity contribution is 5.93. The highest BCUT2D eigenvalue weighted by Gasteiger charge is 2.21. The Morgan fingerprint density at radius 3 is 2.44 bits per heavy atom. The molecular weight excluding hydrogens is 336 g/mol. The van der Waals surface area contributed by atoms with Crippen molar-refractivity contribution in [2.24, 2.45) is 5.92 Å². The summed E-state index contributed by atoms with van der Waals surface area (Å²) in [5, 5.41) is 0. The van der Waals surface area contributed by atoms with E-state index in [1.165, 1.54) is 5.56 Å². The fourth-order valence-electron chi connectivity index (χ4n) is 3.60. The normalized spacial score (nSPS) is 15.0. The number of carbonyl (C=O) groups is 1. The van der Waals surface area contributed by atoms with Crippen molar-refractivity contribution in [2.75, 3.05) is 31.6 Å². The van der Waals surface area contributed by atoms with Gasteiger partial charge in [0.05, 0.1) is 5.56 Å². The molecule has 144 valence electrons. The molecule has 0 spiro atoms. The Morgan fingerprint density at radius 2 is 1.81 bits per heavy atom. The minimum absolute atomic E-state index is 0.00318. The van der Waals surface area contributed by atoms with Gasteiger partial charge in [-0.15, -0.1) is 0 Å². The van der Waals surface area contributed by atoms with E-state index in [2.05, 4.69) is 52.1 Å². The molecule has 1 saturated heterocycles. The molecule has 5 heteroatoms. The smallest absolute Gasteiger partial charge is 0.256 e. The number of amides is 1. The average molecular weight is 367 g/mol. The van der Waals surface area contributed by atoms with Crippen LogP contribution in [0.3, 0.4) is 0 Å². The molecule has 0 atom stereocenters. The number of nitrogens with zero attached hydrogens (tertiary/aromatic N) is 4. The van der Waals surface area contributed by atoms with Crippen LogP contribution in [0.15, 0.2) is 42.7 Å². The largest absolute Gasteiger partial charge is 0.342 e. The number of anilines is 1. The van der Waals surface area contributed by atoms with Crippen LogP contribution in [0.2, 0.25) is 0 Å². The second-order valence-electron chi connectivity index (χ2n) is 7.47.